The Morgan fingerprint density at radius 2 is 2.33 bits per heavy atom. The lowest BCUT2D eigenvalue weighted by Crippen LogP contribution is -2.36. The summed E-state index contributed by atoms with van der Waals surface area (Å²) < 4.78 is 0. The van der Waals surface area contributed by atoms with Crippen molar-refractivity contribution in [2.45, 2.75) is 46.0 Å². The molecule has 2 aliphatic carbocycles. The topological polar surface area (TPSA) is 17.1 Å². The van der Waals surface area contributed by atoms with Crippen LogP contribution in [-0.4, -0.2) is 5.78 Å². The van der Waals surface area contributed by atoms with Gasteiger partial charge in [0.25, 0.3) is 0 Å². The number of rotatable bonds is 3. The molecule has 15 heavy (non-hydrogen) atoms. The van der Waals surface area contributed by atoms with Crippen LogP contribution in [0.3, 0.4) is 0 Å². The van der Waals surface area contributed by atoms with Gasteiger partial charge in [-0.25, -0.2) is 0 Å². The standard InChI is InChI=1S/C14H20O/c1-4-5-8-14-10-7-12(15)13(14,3)9-6-11(14)2/h4,6H,1,5,7-10H2,2-3H3/t13-,14-/m1/s1. The summed E-state index contributed by atoms with van der Waals surface area (Å²) in [5.74, 6) is 0.472. The highest BCUT2D eigenvalue weighted by Gasteiger charge is 2.59. The van der Waals surface area contributed by atoms with E-state index in [9.17, 15) is 4.79 Å². The van der Waals surface area contributed by atoms with E-state index >= 15 is 0 Å². The maximum Gasteiger partial charge on any atom is 0.139 e. The molecule has 2 atom stereocenters. The van der Waals surface area contributed by atoms with Gasteiger partial charge in [0.1, 0.15) is 5.78 Å². The van der Waals surface area contributed by atoms with E-state index in [1.165, 1.54) is 5.57 Å². The van der Waals surface area contributed by atoms with Crippen molar-refractivity contribution in [3.05, 3.63) is 24.3 Å². The molecule has 0 N–H and O–H groups in total. The van der Waals surface area contributed by atoms with Gasteiger partial charge in [-0.2, -0.15) is 0 Å². The van der Waals surface area contributed by atoms with Crippen LogP contribution >= 0.6 is 0 Å². The van der Waals surface area contributed by atoms with Crippen LogP contribution in [0.15, 0.2) is 24.3 Å². The molecule has 0 spiro atoms. The van der Waals surface area contributed by atoms with E-state index in [4.69, 9.17) is 0 Å². The molecule has 0 aromatic carbocycles. The van der Waals surface area contributed by atoms with Crippen molar-refractivity contribution in [2.24, 2.45) is 10.8 Å². The minimum absolute atomic E-state index is 0.0971. The Morgan fingerprint density at radius 1 is 1.60 bits per heavy atom. The zero-order chi connectivity index (χ0) is 11.1. The van der Waals surface area contributed by atoms with E-state index in [0.29, 0.717) is 5.78 Å². The number of carbonyl (C=O) groups is 1. The molecule has 0 bridgehead atoms. The second-order valence-electron chi connectivity index (χ2n) is 5.26. The monoisotopic (exact) mass is 204 g/mol. The summed E-state index contributed by atoms with van der Waals surface area (Å²) in [6.07, 6.45) is 9.16. The molecule has 0 amide bonds. The predicted molar refractivity (Wildman–Crippen MR) is 62.6 cm³/mol. The molecule has 2 rings (SSSR count). The molecule has 0 aromatic rings. The third-order valence-electron chi connectivity index (χ3n) is 4.80. The lowest BCUT2D eigenvalue weighted by atomic mass is 9.63. The van der Waals surface area contributed by atoms with Gasteiger partial charge in [0.2, 0.25) is 0 Å². The van der Waals surface area contributed by atoms with Crippen molar-refractivity contribution in [3.63, 3.8) is 0 Å². The predicted octanol–water partition coefficient (Wildman–Crippen LogP) is 3.66. The van der Waals surface area contributed by atoms with E-state index in [-0.39, 0.29) is 10.8 Å². The van der Waals surface area contributed by atoms with Gasteiger partial charge in [-0.3, -0.25) is 4.79 Å². The zero-order valence-corrected chi connectivity index (χ0v) is 9.81. The van der Waals surface area contributed by atoms with Crippen LogP contribution in [0, 0.1) is 10.8 Å². The zero-order valence-electron chi connectivity index (χ0n) is 9.81. The number of hydrogen-bond acceptors (Lipinski definition) is 1. The van der Waals surface area contributed by atoms with Crippen LogP contribution < -0.4 is 0 Å². The number of carbonyl (C=O) groups excluding carboxylic acids is 1. The first-order valence-corrected chi connectivity index (χ1v) is 5.88. The number of allylic oxidation sites excluding steroid dienone is 3. The van der Waals surface area contributed by atoms with Crippen LogP contribution in [0.25, 0.3) is 0 Å². The second-order valence-corrected chi connectivity index (χ2v) is 5.26. The lowest BCUT2D eigenvalue weighted by molar-refractivity contribution is -0.127. The Balaban J connectivity index is 2.36. The first kappa shape index (κ1) is 10.7. The highest BCUT2D eigenvalue weighted by molar-refractivity contribution is 5.89. The van der Waals surface area contributed by atoms with Gasteiger partial charge >= 0.3 is 0 Å². The van der Waals surface area contributed by atoms with Gasteiger partial charge < -0.3 is 0 Å². The minimum Gasteiger partial charge on any atom is -0.299 e. The number of hydrogen-bond donors (Lipinski definition) is 0. The molecule has 82 valence electrons. The lowest BCUT2D eigenvalue weighted by Gasteiger charge is -2.38. The van der Waals surface area contributed by atoms with E-state index in [1.54, 1.807) is 0 Å². The maximum atomic E-state index is 12.0. The highest BCUT2D eigenvalue weighted by Crippen LogP contribution is 2.63. The second kappa shape index (κ2) is 3.33. The Kier molecular flexibility index (Phi) is 2.37. The van der Waals surface area contributed by atoms with E-state index in [2.05, 4.69) is 26.5 Å². The summed E-state index contributed by atoms with van der Waals surface area (Å²) >= 11 is 0. The molecule has 0 aromatic heterocycles. The largest absolute Gasteiger partial charge is 0.299 e. The third kappa shape index (κ3) is 1.18. The van der Waals surface area contributed by atoms with Gasteiger partial charge in [-0.1, -0.05) is 24.6 Å². The van der Waals surface area contributed by atoms with Gasteiger partial charge in [-0.05, 0) is 32.6 Å². The summed E-state index contributed by atoms with van der Waals surface area (Å²) in [5, 5.41) is 0. The van der Waals surface area contributed by atoms with E-state index in [0.717, 1.165) is 32.1 Å². The normalized spacial score (nSPS) is 39.1. The summed E-state index contributed by atoms with van der Waals surface area (Å²) in [6.45, 7) is 8.16. The number of ketones is 1. The molecule has 1 heteroatoms. The highest BCUT2D eigenvalue weighted by atomic mass is 16.1. The summed E-state index contributed by atoms with van der Waals surface area (Å²) in [5.41, 5.74) is 1.51. The van der Waals surface area contributed by atoms with Crippen LogP contribution in [0.5, 0.6) is 0 Å². The molecular formula is C14H20O. The van der Waals surface area contributed by atoms with Crippen LogP contribution in [-0.2, 0) is 4.79 Å². The van der Waals surface area contributed by atoms with E-state index < -0.39 is 0 Å². The fourth-order valence-corrected chi connectivity index (χ4v) is 3.59. The Hall–Kier alpha value is -0.850. The Labute approximate surface area is 92.3 Å². The van der Waals surface area contributed by atoms with Gasteiger partial charge in [0, 0.05) is 17.3 Å². The molecule has 0 saturated heterocycles. The third-order valence-corrected chi connectivity index (χ3v) is 4.80. The van der Waals surface area contributed by atoms with Crippen LogP contribution in [0.4, 0.5) is 0 Å². The maximum absolute atomic E-state index is 12.0. The molecule has 2 aliphatic rings. The van der Waals surface area contributed by atoms with Crippen molar-refractivity contribution in [2.75, 3.05) is 0 Å². The Bertz CT molecular complexity index is 339. The SMILES string of the molecule is C=CCC[C@]12CCC(=O)[C@@]1(C)CC=C2C. The van der Waals surface area contributed by atoms with Crippen molar-refractivity contribution >= 4 is 5.78 Å². The molecular weight excluding hydrogens is 184 g/mol. The first-order valence-electron chi connectivity index (χ1n) is 5.88. The summed E-state index contributed by atoms with van der Waals surface area (Å²) in [4.78, 5) is 12.0. The van der Waals surface area contributed by atoms with Gasteiger partial charge in [0.15, 0.2) is 0 Å². The summed E-state index contributed by atoms with van der Waals surface area (Å²) in [6, 6.07) is 0. The van der Waals surface area contributed by atoms with Crippen molar-refractivity contribution < 1.29 is 4.79 Å². The van der Waals surface area contributed by atoms with Crippen LogP contribution in [0.2, 0.25) is 0 Å². The first-order chi connectivity index (χ1) is 7.07. The fraction of sp³-hybridized carbons (Fsp3) is 0.643. The summed E-state index contributed by atoms with van der Waals surface area (Å²) in [7, 11) is 0. The molecule has 1 fully saturated rings. The Morgan fingerprint density at radius 3 is 3.00 bits per heavy atom. The van der Waals surface area contributed by atoms with Crippen LogP contribution in [0.1, 0.15) is 46.0 Å². The molecule has 0 heterocycles. The van der Waals surface area contributed by atoms with Gasteiger partial charge in [0.05, 0.1) is 0 Å². The molecule has 0 aliphatic heterocycles. The van der Waals surface area contributed by atoms with Crippen molar-refractivity contribution in [1.29, 1.82) is 0 Å². The number of fused-ring (bicyclic) bond motifs is 1. The van der Waals surface area contributed by atoms with E-state index in [1.807, 2.05) is 6.08 Å². The molecule has 1 nitrogen and oxygen atoms in total. The fourth-order valence-electron chi connectivity index (χ4n) is 3.59. The molecule has 0 radical (unpaired) electrons. The quantitative estimate of drug-likeness (QED) is 0.641. The average Bonchev–Trinajstić information content (AvgIpc) is 2.62. The van der Waals surface area contributed by atoms with Crippen molar-refractivity contribution in [1.82, 2.24) is 0 Å². The minimum atomic E-state index is -0.0971. The average molecular weight is 204 g/mol. The number of Topliss-reactive ketones (excluding diaryl/α,β-unsaturated/α-hetero) is 1. The molecule has 1 saturated carbocycles. The smallest absolute Gasteiger partial charge is 0.139 e. The molecule has 0 unspecified atom stereocenters. The van der Waals surface area contributed by atoms with Crippen molar-refractivity contribution in [3.8, 4) is 0 Å². The van der Waals surface area contributed by atoms with Gasteiger partial charge in [-0.15, -0.1) is 6.58 Å².